The summed E-state index contributed by atoms with van der Waals surface area (Å²) >= 11 is 0. The van der Waals surface area contributed by atoms with Crippen molar-refractivity contribution in [3.8, 4) is 0 Å². The normalized spacial score (nSPS) is 25.8. The highest BCUT2D eigenvalue weighted by molar-refractivity contribution is 5.47. The summed E-state index contributed by atoms with van der Waals surface area (Å²) in [5.74, 6) is 0. The fraction of sp³-hybridized carbons (Fsp3) is 0.500. The van der Waals surface area contributed by atoms with Gasteiger partial charge in [0.15, 0.2) is 0 Å². The van der Waals surface area contributed by atoms with Gasteiger partial charge in [-0.1, -0.05) is 24.3 Å². The van der Waals surface area contributed by atoms with Crippen LogP contribution in [0.5, 0.6) is 0 Å². The number of hydrogen-bond acceptors (Lipinski definition) is 2. The molecule has 0 aromatic heterocycles. The molecule has 1 rings (SSSR count). The zero-order valence-electron chi connectivity index (χ0n) is 9.26. The molecule has 0 radical (unpaired) electrons. The number of nitrogens with one attached hydrogen (secondary N) is 2. The van der Waals surface area contributed by atoms with E-state index in [2.05, 4.69) is 34.9 Å². The van der Waals surface area contributed by atoms with Crippen LogP contribution in [0.2, 0.25) is 0 Å². The van der Waals surface area contributed by atoms with Crippen LogP contribution in [0.15, 0.2) is 24.3 Å². The molecule has 0 aromatic rings. The zero-order chi connectivity index (χ0) is 11.6. The second-order valence-electron chi connectivity index (χ2n) is 3.85. The van der Waals surface area contributed by atoms with Crippen LogP contribution in [0.25, 0.3) is 0 Å². The molecule has 0 aromatic carbocycles. The summed E-state index contributed by atoms with van der Waals surface area (Å²) in [6, 6.07) is 0.362. The van der Waals surface area contributed by atoms with Gasteiger partial charge in [0.1, 0.15) is 0 Å². The molecular formula is C12H18N2O2. The van der Waals surface area contributed by atoms with Crippen LogP contribution < -0.4 is 10.6 Å². The minimum absolute atomic E-state index is 0.181. The number of amides is 2. The minimum atomic E-state index is 0.181. The van der Waals surface area contributed by atoms with E-state index in [1.165, 1.54) is 0 Å². The summed E-state index contributed by atoms with van der Waals surface area (Å²) in [7, 11) is 0. The van der Waals surface area contributed by atoms with Crippen molar-refractivity contribution >= 4 is 12.8 Å². The van der Waals surface area contributed by atoms with E-state index in [0.717, 1.165) is 38.5 Å². The molecule has 4 nitrogen and oxygen atoms in total. The summed E-state index contributed by atoms with van der Waals surface area (Å²) in [6.07, 6.45) is 13.0. The molecular weight excluding hydrogens is 204 g/mol. The lowest BCUT2D eigenvalue weighted by molar-refractivity contribution is -0.110. The fourth-order valence-corrected chi connectivity index (χ4v) is 1.70. The minimum Gasteiger partial charge on any atom is -0.355 e. The molecule has 2 N–H and O–H groups in total. The average Bonchev–Trinajstić information content (AvgIpc) is 2.29. The molecule has 0 aliphatic heterocycles. The van der Waals surface area contributed by atoms with Gasteiger partial charge < -0.3 is 10.6 Å². The van der Waals surface area contributed by atoms with Gasteiger partial charge in [-0.05, 0) is 25.7 Å². The first-order valence-corrected chi connectivity index (χ1v) is 5.56. The first-order chi connectivity index (χ1) is 7.86. The van der Waals surface area contributed by atoms with Gasteiger partial charge >= 0.3 is 0 Å². The van der Waals surface area contributed by atoms with Gasteiger partial charge in [-0.2, -0.15) is 0 Å². The van der Waals surface area contributed by atoms with Crippen LogP contribution in [0, 0.1) is 0 Å². The van der Waals surface area contributed by atoms with E-state index in [9.17, 15) is 9.59 Å². The Hall–Kier alpha value is -1.58. The van der Waals surface area contributed by atoms with Crippen molar-refractivity contribution in [2.45, 2.75) is 37.8 Å². The SMILES string of the molecule is O=CNC1CC=CCC(NC=O)CC=CC1. The molecule has 1 aliphatic rings. The smallest absolute Gasteiger partial charge is 0.207 e. The van der Waals surface area contributed by atoms with Crippen LogP contribution >= 0.6 is 0 Å². The Morgan fingerprint density at radius 3 is 1.31 bits per heavy atom. The van der Waals surface area contributed by atoms with E-state index in [-0.39, 0.29) is 12.1 Å². The quantitative estimate of drug-likeness (QED) is 0.548. The lowest BCUT2D eigenvalue weighted by Crippen LogP contribution is -2.28. The standard InChI is InChI=1S/C12H18N2O2/c15-9-13-11-5-1-2-6-12(14-10-16)8-4-3-7-11/h1-4,9-12H,5-8H2,(H,13,15)(H,14,16). The summed E-state index contributed by atoms with van der Waals surface area (Å²) in [4.78, 5) is 20.7. The van der Waals surface area contributed by atoms with E-state index in [1.54, 1.807) is 0 Å². The third kappa shape index (κ3) is 4.77. The largest absolute Gasteiger partial charge is 0.355 e. The Morgan fingerprint density at radius 1 is 0.750 bits per heavy atom. The monoisotopic (exact) mass is 222 g/mol. The van der Waals surface area contributed by atoms with Crippen molar-refractivity contribution in [3.05, 3.63) is 24.3 Å². The van der Waals surface area contributed by atoms with E-state index in [1.807, 2.05) is 0 Å². The Labute approximate surface area is 95.8 Å². The van der Waals surface area contributed by atoms with Crippen molar-refractivity contribution < 1.29 is 9.59 Å². The van der Waals surface area contributed by atoms with Crippen LogP contribution in [-0.2, 0) is 9.59 Å². The maximum atomic E-state index is 10.4. The molecule has 0 fully saturated rings. The lowest BCUT2D eigenvalue weighted by atomic mass is 10.0. The first kappa shape index (κ1) is 12.5. The van der Waals surface area contributed by atoms with Crippen LogP contribution in [0.4, 0.5) is 0 Å². The van der Waals surface area contributed by atoms with E-state index >= 15 is 0 Å². The van der Waals surface area contributed by atoms with Crippen molar-refractivity contribution in [1.29, 1.82) is 0 Å². The van der Waals surface area contributed by atoms with E-state index in [0.29, 0.717) is 0 Å². The Balaban J connectivity index is 2.49. The lowest BCUT2D eigenvalue weighted by Gasteiger charge is -2.15. The molecule has 0 bridgehead atoms. The van der Waals surface area contributed by atoms with Crippen LogP contribution in [0.1, 0.15) is 25.7 Å². The predicted octanol–water partition coefficient (Wildman–Crippen LogP) is 0.902. The second kappa shape index (κ2) is 7.68. The average molecular weight is 222 g/mol. The predicted molar refractivity (Wildman–Crippen MR) is 62.7 cm³/mol. The highest BCUT2D eigenvalue weighted by Crippen LogP contribution is 2.07. The van der Waals surface area contributed by atoms with Gasteiger partial charge in [-0.3, -0.25) is 9.59 Å². The first-order valence-electron chi connectivity index (χ1n) is 5.56. The molecule has 0 heterocycles. The number of rotatable bonds is 4. The van der Waals surface area contributed by atoms with E-state index < -0.39 is 0 Å². The van der Waals surface area contributed by atoms with Crippen molar-refractivity contribution in [3.63, 3.8) is 0 Å². The summed E-state index contributed by atoms with van der Waals surface area (Å²) in [5.41, 5.74) is 0. The van der Waals surface area contributed by atoms with Crippen molar-refractivity contribution in [2.75, 3.05) is 0 Å². The number of carbonyl (C=O) groups is 2. The molecule has 16 heavy (non-hydrogen) atoms. The third-order valence-corrected chi connectivity index (χ3v) is 2.62. The topological polar surface area (TPSA) is 58.2 Å². The molecule has 1 aliphatic carbocycles. The Morgan fingerprint density at radius 2 is 1.06 bits per heavy atom. The van der Waals surface area contributed by atoms with Crippen LogP contribution in [0.3, 0.4) is 0 Å². The zero-order valence-corrected chi connectivity index (χ0v) is 9.26. The Bertz CT molecular complexity index is 230. The molecule has 0 saturated carbocycles. The molecule has 88 valence electrons. The highest BCUT2D eigenvalue weighted by atomic mass is 16.1. The van der Waals surface area contributed by atoms with Crippen molar-refractivity contribution in [1.82, 2.24) is 10.6 Å². The van der Waals surface area contributed by atoms with Gasteiger partial charge in [-0.15, -0.1) is 0 Å². The van der Waals surface area contributed by atoms with Gasteiger partial charge in [0.05, 0.1) is 0 Å². The van der Waals surface area contributed by atoms with Gasteiger partial charge in [-0.25, -0.2) is 0 Å². The Kier molecular flexibility index (Phi) is 5.99. The summed E-state index contributed by atoms with van der Waals surface area (Å²) < 4.78 is 0. The second-order valence-corrected chi connectivity index (χ2v) is 3.85. The van der Waals surface area contributed by atoms with E-state index in [4.69, 9.17) is 0 Å². The fourth-order valence-electron chi connectivity index (χ4n) is 1.70. The van der Waals surface area contributed by atoms with Gasteiger partial charge in [0, 0.05) is 12.1 Å². The number of carbonyl (C=O) groups excluding carboxylic acids is 2. The van der Waals surface area contributed by atoms with Crippen LogP contribution in [-0.4, -0.2) is 24.9 Å². The molecule has 4 heteroatoms. The third-order valence-electron chi connectivity index (χ3n) is 2.62. The number of hydrogen-bond donors (Lipinski definition) is 2. The molecule has 0 spiro atoms. The highest BCUT2D eigenvalue weighted by Gasteiger charge is 2.06. The summed E-state index contributed by atoms with van der Waals surface area (Å²) in [6.45, 7) is 0. The molecule has 0 saturated heterocycles. The van der Waals surface area contributed by atoms with Crippen molar-refractivity contribution in [2.24, 2.45) is 0 Å². The molecule has 0 atom stereocenters. The molecule has 2 amide bonds. The maximum absolute atomic E-state index is 10.4. The van der Waals surface area contributed by atoms with Gasteiger partial charge in [0.2, 0.25) is 12.8 Å². The maximum Gasteiger partial charge on any atom is 0.207 e. The molecule has 0 unspecified atom stereocenters. The summed E-state index contributed by atoms with van der Waals surface area (Å²) in [5, 5.41) is 5.56. The van der Waals surface area contributed by atoms with Gasteiger partial charge in [0.25, 0.3) is 0 Å².